The lowest BCUT2D eigenvalue weighted by Gasteiger charge is -2.26. The van der Waals surface area contributed by atoms with Gasteiger partial charge in [-0.05, 0) is 83.5 Å². The van der Waals surface area contributed by atoms with E-state index in [1.807, 2.05) is 21.1 Å². The van der Waals surface area contributed by atoms with Crippen LogP contribution in [0.3, 0.4) is 0 Å². The molecule has 0 spiro atoms. The van der Waals surface area contributed by atoms with Crippen molar-refractivity contribution >= 4 is 17.9 Å². The number of carboxylic acids is 1. The summed E-state index contributed by atoms with van der Waals surface area (Å²) in [6, 6.07) is 0. The molecule has 0 fully saturated rings. The monoisotopic (exact) mass is 1330 g/mol. The van der Waals surface area contributed by atoms with Gasteiger partial charge in [-0.25, -0.2) is 0 Å². The Morgan fingerprint density at radius 3 is 0.895 bits per heavy atom. The molecule has 0 N–H and O–H groups in total. The highest BCUT2D eigenvalue weighted by Gasteiger charge is 2.22. The Bertz CT molecular complexity index is 1790. The smallest absolute Gasteiger partial charge is 0.306 e. The van der Waals surface area contributed by atoms with E-state index in [9.17, 15) is 19.5 Å². The second-order valence-electron chi connectivity index (χ2n) is 29.0. The number of nitrogens with zero attached hydrogens (tertiary/aromatic N) is 1. The first-order valence-corrected chi connectivity index (χ1v) is 41.1. The third-order valence-corrected chi connectivity index (χ3v) is 18.4. The van der Waals surface area contributed by atoms with E-state index >= 15 is 0 Å². The molecule has 0 aromatic heterocycles. The number of carbonyl (C=O) groups is 3. The van der Waals surface area contributed by atoms with Crippen molar-refractivity contribution in [2.24, 2.45) is 0 Å². The lowest BCUT2D eigenvalue weighted by atomic mass is 10.0. The van der Waals surface area contributed by atoms with Gasteiger partial charge >= 0.3 is 11.9 Å². The van der Waals surface area contributed by atoms with Crippen molar-refractivity contribution in [1.82, 2.24) is 0 Å². The van der Waals surface area contributed by atoms with Crippen molar-refractivity contribution in [1.29, 1.82) is 0 Å². The molecule has 0 amide bonds. The Morgan fingerprint density at radius 1 is 0.326 bits per heavy atom. The van der Waals surface area contributed by atoms with Crippen LogP contribution in [0.4, 0.5) is 0 Å². The Hall–Kier alpha value is -3.27. The van der Waals surface area contributed by atoms with E-state index < -0.39 is 24.3 Å². The molecule has 0 radical (unpaired) electrons. The third kappa shape index (κ3) is 77.9. The Morgan fingerprint density at radius 2 is 0.600 bits per heavy atom. The minimum absolute atomic E-state index is 0.149. The summed E-state index contributed by atoms with van der Waals surface area (Å²) in [5.74, 6) is -2.25. The van der Waals surface area contributed by atoms with Gasteiger partial charge in [-0.3, -0.25) is 9.59 Å². The van der Waals surface area contributed by atoms with Crippen LogP contribution in [0.25, 0.3) is 0 Å². The second-order valence-corrected chi connectivity index (χ2v) is 29.0. The molecule has 0 aliphatic carbocycles. The van der Waals surface area contributed by atoms with Gasteiger partial charge in [-0.2, -0.15) is 0 Å². The molecule has 9 heteroatoms. The van der Waals surface area contributed by atoms with Gasteiger partial charge in [0.1, 0.15) is 13.2 Å². The first kappa shape index (κ1) is 91.7. The van der Waals surface area contributed by atoms with Gasteiger partial charge in [0, 0.05) is 12.8 Å². The molecule has 0 saturated carbocycles. The van der Waals surface area contributed by atoms with Crippen LogP contribution in [0, 0.1) is 0 Å². The molecule has 0 saturated heterocycles. The van der Waals surface area contributed by atoms with Crippen LogP contribution in [-0.2, 0) is 33.3 Å². The first-order valence-electron chi connectivity index (χ1n) is 41.1. The summed E-state index contributed by atoms with van der Waals surface area (Å²) in [5, 5.41) is 11.9. The van der Waals surface area contributed by atoms with Crippen molar-refractivity contribution in [2.75, 3.05) is 47.5 Å². The van der Waals surface area contributed by atoms with E-state index in [1.54, 1.807) is 0 Å². The molecule has 0 heterocycles. The van der Waals surface area contributed by atoms with Crippen molar-refractivity contribution in [2.45, 2.75) is 411 Å². The number of quaternary nitrogens is 1. The van der Waals surface area contributed by atoms with Crippen LogP contribution < -0.4 is 5.11 Å². The molecule has 0 aromatic carbocycles. The molecule has 554 valence electrons. The fourth-order valence-corrected chi connectivity index (χ4v) is 12.2. The number of aliphatic carboxylic acids is 1. The zero-order chi connectivity index (χ0) is 69.0. The van der Waals surface area contributed by atoms with Gasteiger partial charge in [-0.1, -0.05) is 376 Å². The maximum atomic E-state index is 13.0. The lowest BCUT2D eigenvalue weighted by Crippen LogP contribution is -2.44. The predicted octanol–water partition coefficient (Wildman–Crippen LogP) is 25.0. The minimum atomic E-state index is -1.62. The standard InChI is InChI=1S/C86H157NO8/c1-6-8-10-12-14-16-18-20-22-24-26-28-30-32-34-36-38-39-40-41-42-43-44-45-47-48-50-52-54-56-58-60-62-64-66-68-70-72-74-76-83(88)93-80-82(81-94-86(85(90)91)92-79-78-87(3,4)5)95-84(89)77-75-73-71-69-67-65-63-61-59-57-55-53-51-49-46-37-35-33-31-29-27-25-23-21-19-17-15-13-11-9-7-2/h9,11,15,17-18,20-21,23-24,26-27,29,82,86H,6-8,10,12-14,16,19,22,25,28,30-81H2,1-5H3/b11-9-,17-15-,20-18-,23-21-,26-24-,29-27-. The van der Waals surface area contributed by atoms with E-state index in [-0.39, 0.29) is 32.2 Å². The summed E-state index contributed by atoms with van der Waals surface area (Å²) in [6.45, 7) is 4.69. The number of carbonyl (C=O) groups excluding carboxylic acids is 3. The van der Waals surface area contributed by atoms with E-state index in [0.717, 1.165) is 64.2 Å². The van der Waals surface area contributed by atoms with Crippen LogP contribution in [-0.4, -0.2) is 82.3 Å². The highest BCUT2D eigenvalue weighted by Crippen LogP contribution is 2.20. The van der Waals surface area contributed by atoms with Crippen LogP contribution in [0.15, 0.2) is 72.9 Å². The van der Waals surface area contributed by atoms with Crippen LogP contribution in [0.2, 0.25) is 0 Å². The van der Waals surface area contributed by atoms with Gasteiger partial charge < -0.3 is 33.3 Å². The number of carboxylic acid groups (broad SMARTS) is 1. The largest absolute Gasteiger partial charge is 0.545 e. The normalized spacial score (nSPS) is 13.0. The summed E-state index contributed by atoms with van der Waals surface area (Å²) in [5.41, 5.74) is 0. The molecule has 9 nitrogen and oxygen atoms in total. The number of likely N-dealkylation sites (N-methyl/N-ethyl adjacent to an activating group) is 1. The predicted molar refractivity (Wildman–Crippen MR) is 408 cm³/mol. The number of rotatable bonds is 77. The third-order valence-electron chi connectivity index (χ3n) is 18.4. The van der Waals surface area contributed by atoms with Gasteiger partial charge in [0.2, 0.25) is 0 Å². The van der Waals surface area contributed by atoms with E-state index in [2.05, 4.69) is 86.8 Å². The average molecular weight is 1330 g/mol. The van der Waals surface area contributed by atoms with Crippen LogP contribution in [0.5, 0.6) is 0 Å². The molecule has 95 heavy (non-hydrogen) atoms. The molecular formula is C86H157NO8. The summed E-state index contributed by atoms with van der Waals surface area (Å²) < 4.78 is 22.9. The zero-order valence-electron chi connectivity index (χ0n) is 63.6. The second kappa shape index (κ2) is 76.5. The number of allylic oxidation sites excluding steroid dienone is 12. The molecular weight excluding hydrogens is 1170 g/mol. The maximum Gasteiger partial charge on any atom is 0.306 e. The highest BCUT2D eigenvalue weighted by atomic mass is 16.7. The summed E-state index contributed by atoms with van der Waals surface area (Å²) in [7, 11) is 5.95. The van der Waals surface area contributed by atoms with Crippen molar-refractivity contribution < 1.29 is 42.9 Å². The highest BCUT2D eigenvalue weighted by molar-refractivity contribution is 5.70. The van der Waals surface area contributed by atoms with Crippen molar-refractivity contribution in [3.63, 3.8) is 0 Å². The van der Waals surface area contributed by atoms with Crippen molar-refractivity contribution in [3.8, 4) is 0 Å². The summed E-state index contributed by atoms with van der Waals surface area (Å²) in [6.07, 6.45) is 100. The SMILES string of the molecule is CC/C=C\C/C=C\C/C=C\C/C=C\CCCCCCCCCCCCCCCCCCCCC(=O)OC(COC(=O)CCCCCCCCCCCCCCCCCCCCCCCCCCCCC/C=C\C/C=C\CCCCCCC)COC(OCC[N+](C)(C)C)C(=O)[O-]. The van der Waals surface area contributed by atoms with Gasteiger partial charge in [0.05, 0.1) is 40.3 Å². The number of ether oxygens (including phenoxy) is 4. The quantitative estimate of drug-likeness (QED) is 0.0195. The fourth-order valence-electron chi connectivity index (χ4n) is 12.2. The minimum Gasteiger partial charge on any atom is -0.545 e. The molecule has 0 rings (SSSR count). The Balaban J connectivity index is 3.95. The van der Waals surface area contributed by atoms with E-state index in [1.165, 1.54) is 302 Å². The zero-order valence-corrected chi connectivity index (χ0v) is 63.6. The number of esters is 2. The molecule has 2 unspecified atom stereocenters. The molecule has 0 bridgehead atoms. The summed E-state index contributed by atoms with van der Waals surface area (Å²) >= 11 is 0. The Labute approximate surface area is 589 Å². The van der Waals surface area contributed by atoms with Crippen LogP contribution in [0.1, 0.15) is 399 Å². The molecule has 0 aliphatic rings. The van der Waals surface area contributed by atoms with Gasteiger partial charge in [-0.15, -0.1) is 0 Å². The number of unbranched alkanes of at least 4 members (excludes halogenated alkanes) is 50. The van der Waals surface area contributed by atoms with E-state index in [0.29, 0.717) is 23.9 Å². The summed E-state index contributed by atoms with van der Waals surface area (Å²) in [4.78, 5) is 37.6. The molecule has 0 aromatic rings. The average Bonchev–Trinajstić information content (AvgIpc) is 3.24. The first-order chi connectivity index (χ1) is 46.6. The van der Waals surface area contributed by atoms with Crippen LogP contribution >= 0.6 is 0 Å². The molecule has 2 atom stereocenters. The topological polar surface area (TPSA) is 111 Å². The lowest BCUT2D eigenvalue weighted by molar-refractivity contribution is -0.870. The van der Waals surface area contributed by atoms with Crippen molar-refractivity contribution in [3.05, 3.63) is 72.9 Å². The maximum absolute atomic E-state index is 13.0. The van der Waals surface area contributed by atoms with Gasteiger partial charge in [0.25, 0.3) is 0 Å². The fraction of sp³-hybridized carbons (Fsp3) is 0.826. The Kier molecular flexibility index (Phi) is 73.9. The number of hydrogen-bond acceptors (Lipinski definition) is 8. The van der Waals surface area contributed by atoms with Gasteiger partial charge in [0.15, 0.2) is 12.4 Å². The molecule has 0 aliphatic heterocycles. The van der Waals surface area contributed by atoms with E-state index in [4.69, 9.17) is 18.9 Å². The number of hydrogen-bond donors (Lipinski definition) is 0.